The van der Waals surface area contributed by atoms with Gasteiger partial charge in [0.15, 0.2) is 17.5 Å². The summed E-state index contributed by atoms with van der Waals surface area (Å²) in [4.78, 5) is 0. The first-order valence-corrected chi connectivity index (χ1v) is 7.10. The monoisotopic (exact) mass is 317 g/mol. The van der Waals surface area contributed by atoms with E-state index in [4.69, 9.17) is 4.74 Å². The number of nitrogens with zero attached hydrogens (tertiary/aromatic N) is 2. The van der Waals surface area contributed by atoms with Crippen LogP contribution in [0.3, 0.4) is 0 Å². The molecule has 0 aliphatic carbocycles. The van der Waals surface area contributed by atoms with Gasteiger partial charge in [0, 0.05) is 32.2 Å². The molecule has 0 unspecified atom stereocenters. The van der Waals surface area contributed by atoms with Gasteiger partial charge in [0.2, 0.25) is 0 Å². The van der Waals surface area contributed by atoms with Crippen LogP contribution < -0.4 is 5.32 Å². The van der Waals surface area contributed by atoms with Crippen molar-refractivity contribution in [3.05, 3.63) is 34.6 Å². The van der Waals surface area contributed by atoms with Gasteiger partial charge in [-0.25, -0.2) is 13.2 Å². The van der Waals surface area contributed by atoms with Crippen LogP contribution >= 0.6 is 11.3 Å². The fraction of sp³-hybridized carbons (Fsp3) is 0.385. The summed E-state index contributed by atoms with van der Waals surface area (Å²) in [6.45, 7) is 2.05. The number of halogens is 3. The van der Waals surface area contributed by atoms with Crippen molar-refractivity contribution in [3.8, 4) is 10.6 Å². The van der Waals surface area contributed by atoms with Gasteiger partial charge in [-0.05, 0) is 12.1 Å². The van der Waals surface area contributed by atoms with Gasteiger partial charge >= 0.3 is 0 Å². The molecule has 8 heteroatoms. The van der Waals surface area contributed by atoms with E-state index >= 15 is 0 Å². The van der Waals surface area contributed by atoms with Crippen LogP contribution in [0.15, 0.2) is 12.1 Å². The third kappa shape index (κ3) is 4.23. The molecule has 114 valence electrons. The smallest absolute Gasteiger partial charge is 0.194 e. The van der Waals surface area contributed by atoms with E-state index in [1.54, 1.807) is 7.11 Å². The highest BCUT2D eigenvalue weighted by molar-refractivity contribution is 7.14. The van der Waals surface area contributed by atoms with Crippen LogP contribution in [-0.4, -0.2) is 37.0 Å². The van der Waals surface area contributed by atoms with Crippen LogP contribution in [0.2, 0.25) is 0 Å². The summed E-state index contributed by atoms with van der Waals surface area (Å²) in [7, 11) is 1.62. The minimum atomic E-state index is -1.48. The molecule has 0 aliphatic heterocycles. The predicted octanol–water partition coefficient (Wildman–Crippen LogP) is 2.40. The van der Waals surface area contributed by atoms with E-state index in [2.05, 4.69) is 15.5 Å². The molecule has 0 saturated carbocycles. The molecule has 0 bridgehead atoms. The average Bonchev–Trinajstić information content (AvgIpc) is 2.93. The van der Waals surface area contributed by atoms with Crippen molar-refractivity contribution >= 4 is 11.3 Å². The predicted molar refractivity (Wildman–Crippen MR) is 73.7 cm³/mol. The van der Waals surface area contributed by atoms with Crippen molar-refractivity contribution in [2.75, 3.05) is 26.8 Å². The van der Waals surface area contributed by atoms with E-state index in [1.807, 2.05) is 0 Å². The van der Waals surface area contributed by atoms with Gasteiger partial charge in [-0.3, -0.25) is 0 Å². The standard InChI is InChI=1S/C13H14F3N3OS/c1-20-5-4-17-3-2-11-18-19-13(21-11)8-6-9(14)12(16)10(15)7-8/h6-7,17H,2-5H2,1H3. The maximum atomic E-state index is 13.2. The van der Waals surface area contributed by atoms with Crippen molar-refractivity contribution in [3.63, 3.8) is 0 Å². The number of nitrogens with one attached hydrogen (secondary N) is 1. The molecule has 0 aliphatic rings. The number of aromatic nitrogens is 2. The molecule has 21 heavy (non-hydrogen) atoms. The minimum Gasteiger partial charge on any atom is -0.383 e. The second kappa shape index (κ2) is 7.48. The molecular formula is C13H14F3N3OS. The van der Waals surface area contributed by atoms with E-state index in [-0.39, 0.29) is 5.56 Å². The summed E-state index contributed by atoms with van der Waals surface area (Å²) >= 11 is 1.22. The van der Waals surface area contributed by atoms with Gasteiger partial charge in [0.05, 0.1) is 6.61 Å². The zero-order chi connectivity index (χ0) is 15.2. The molecule has 0 atom stereocenters. The molecule has 0 amide bonds. The molecule has 0 saturated heterocycles. The molecule has 2 rings (SSSR count). The fourth-order valence-corrected chi connectivity index (χ4v) is 2.47. The first kappa shape index (κ1) is 15.9. The highest BCUT2D eigenvalue weighted by Gasteiger charge is 2.14. The molecule has 1 aromatic heterocycles. The van der Waals surface area contributed by atoms with Crippen LogP contribution in [0.25, 0.3) is 10.6 Å². The number of rotatable bonds is 7. The number of methoxy groups -OCH3 is 1. The zero-order valence-electron chi connectivity index (χ0n) is 11.3. The van der Waals surface area contributed by atoms with Gasteiger partial charge in [-0.1, -0.05) is 11.3 Å². The Bertz CT molecular complexity index is 583. The lowest BCUT2D eigenvalue weighted by atomic mass is 10.2. The Kier molecular flexibility index (Phi) is 5.66. The summed E-state index contributed by atoms with van der Waals surface area (Å²) in [6, 6.07) is 1.83. The minimum absolute atomic E-state index is 0.183. The molecule has 1 heterocycles. The summed E-state index contributed by atoms with van der Waals surface area (Å²) in [5.41, 5.74) is 0.183. The molecule has 1 N–H and O–H groups in total. The average molecular weight is 317 g/mol. The molecule has 0 radical (unpaired) electrons. The maximum Gasteiger partial charge on any atom is 0.194 e. The lowest BCUT2D eigenvalue weighted by molar-refractivity contribution is 0.199. The summed E-state index contributed by atoms with van der Waals surface area (Å²) in [6.07, 6.45) is 0.646. The Morgan fingerprint density at radius 3 is 2.52 bits per heavy atom. The Morgan fingerprint density at radius 1 is 1.14 bits per heavy atom. The van der Waals surface area contributed by atoms with Crippen LogP contribution in [0.1, 0.15) is 5.01 Å². The van der Waals surface area contributed by atoms with Crippen LogP contribution in [0, 0.1) is 17.5 Å². The molecule has 1 aromatic carbocycles. The van der Waals surface area contributed by atoms with Crippen molar-refractivity contribution < 1.29 is 17.9 Å². The lowest BCUT2D eigenvalue weighted by Gasteiger charge is -2.01. The largest absolute Gasteiger partial charge is 0.383 e. The van der Waals surface area contributed by atoms with Gasteiger partial charge in [0.1, 0.15) is 10.0 Å². The van der Waals surface area contributed by atoms with Crippen LogP contribution in [0.4, 0.5) is 13.2 Å². The van der Waals surface area contributed by atoms with Gasteiger partial charge in [0.25, 0.3) is 0 Å². The van der Waals surface area contributed by atoms with Crippen molar-refractivity contribution in [2.45, 2.75) is 6.42 Å². The topological polar surface area (TPSA) is 47.0 Å². The van der Waals surface area contributed by atoms with Crippen molar-refractivity contribution in [1.29, 1.82) is 0 Å². The SMILES string of the molecule is COCCNCCc1nnc(-c2cc(F)c(F)c(F)c2)s1. The lowest BCUT2D eigenvalue weighted by Crippen LogP contribution is -2.21. The third-order valence-electron chi connectivity index (χ3n) is 2.70. The van der Waals surface area contributed by atoms with E-state index < -0.39 is 17.5 Å². The Balaban J connectivity index is 1.99. The van der Waals surface area contributed by atoms with E-state index in [1.165, 1.54) is 11.3 Å². The fourth-order valence-electron chi connectivity index (χ4n) is 1.64. The number of benzene rings is 1. The number of ether oxygens (including phenoxy) is 1. The molecule has 0 spiro atoms. The van der Waals surface area contributed by atoms with E-state index in [0.29, 0.717) is 24.6 Å². The van der Waals surface area contributed by atoms with Crippen molar-refractivity contribution in [1.82, 2.24) is 15.5 Å². The first-order valence-electron chi connectivity index (χ1n) is 6.28. The Morgan fingerprint density at radius 2 is 1.86 bits per heavy atom. The molecule has 0 fully saturated rings. The third-order valence-corrected chi connectivity index (χ3v) is 3.73. The quantitative estimate of drug-likeness (QED) is 0.629. The van der Waals surface area contributed by atoms with Crippen LogP contribution in [-0.2, 0) is 11.2 Å². The molecular weight excluding hydrogens is 303 g/mol. The first-order chi connectivity index (χ1) is 10.1. The summed E-state index contributed by atoms with van der Waals surface area (Å²) in [5, 5.41) is 12.1. The maximum absolute atomic E-state index is 13.2. The number of hydrogen-bond donors (Lipinski definition) is 1. The number of hydrogen-bond acceptors (Lipinski definition) is 5. The van der Waals surface area contributed by atoms with Gasteiger partial charge < -0.3 is 10.1 Å². The second-order valence-electron chi connectivity index (χ2n) is 4.25. The van der Waals surface area contributed by atoms with Gasteiger partial charge in [-0.15, -0.1) is 10.2 Å². The second-order valence-corrected chi connectivity index (χ2v) is 5.31. The Labute approximate surface area is 124 Å². The zero-order valence-corrected chi connectivity index (χ0v) is 12.1. The van der Waals surface area contributed by atoms with Crippen LogP contribution in [0.5, 0.6) is 0 Å². The van der Waals surface area contributed by atoms with E-state index in [9.17, 15) is 13.2 Å². The summed E-state index contributed by atoms with van der Waals surface area (Å²) < 4.78 is 44.1. The molecule has 4 nitrogen and oxygen atoms in total. The van der Waals surface area contributed by atoms with Gasteiger partial charge in [-0.2, -0.15) is 0 Å². The Hall–Kier alpha value is -1.51. The highest BCUT2D eigenvalue weighted by atomic mass is 32.1. The summed E-state index contributed by atoms with van der Waals surface area (Å²) in [5.74, 6) is -3.95. The normalized spacial score (nSPS) is 11.0. The van der Waals surface area contributed by atoms with Crippen molar-refractivity contribution in [2.24, 2.45) is 0 Å². The molecule has 2 aromatic rings. The highest BCUT2D eigenvalue weighted by Crippen LogP contribution is 2.26. The van der Waals surface area contributed by atoms with E-state index in [0.717, 1.165) is 23.7 Å².